The van der Waals surface area contributed by atoms with Crippen LogP contribution in [0.3, 0.4) is 0 Å². The first-order chi connectivity index (χ1) is 9.31. The lowest BCUT2D eigenvalue weighted by molar-refractivity contribution is 0.136. The van der Waals surface area contributed by atoms with Gasteiger partial charge in [0.05, 0.1) is 0 Å². The van der Waals surface area contributed by atoms with Crippen molar-refractivity contribution in [3.05, 3.63) is 0 Å². The Hall–Kier alpha value is -0.0800. The molecule has 1 N–H and O–H groups in total. The van der Waals surface area contributed by atoms with Gasteiger partial charge >= 0.3 is 0 Å². The molecule has 2 nitrogen and oxygen atoms in total. The molecule has 19 heavy (non-hydrogen) atoms. The van der Waals surface area contributed by atoms with Crippen molar-refractivity contribution in [3.8, 4) is 0 Å². The molecule has 0 spiro atoms. The smallest absolute Gasteiger partial charge is 0.0195 e. The summed E-state index contributed by atoms with van der Waals surface area (Å²) in [7, 11) is 0. The van der Waals surface area contributed by atoms with Gasteiger partial charge in [-0.25, -0.2) is 0 Å². The molecule has 1 saturated carbocycles. The molecule has 2 fully saturated rings. The van der Waals surface area contributed by atoms with E-state index in [-0.39, 0.29) is 0 Å². The number of hydrogen-bond acceptors (Lipinski definition) is 2. The van der Waals surface area contributed by atoms with Crippen LogP contribution in [0.2, 0.25) is 0 Å². The van der Waals surface area contributed by atoms with E-state index in [1.807, 2.05) is 0 Å². The molecule has 2 aliphatic rings. The zero-order valence-corrected chi connectivity index (χ0v) is 13.2. The molecule has 112 valence electrons. The SMILES string of the molecule is CCC1CCCCCN1C(C)CNC1CCCCC1. The van der Waals surface area contributed by atoms with Gasteiger partial charge in [0.25, 0.3) is 0 Å². The predicted molar refractivity (Wildman–Crippen MR) is 83.6 cm³/mol. The summed E-state index contributed by atoms with van der Waals surface area (Å²) >= 11 is 0. The van der Waals surface area contributed by atoms with Crippen LogP contribution in [0.15, 0.2) is 0 Å². The topological polar surface area (TPSA) is 15.3 Å². The van der Waals surface area contributed by atoms with Crippen LogP contribution in [0, 0.1) is 0 Å². The second-order valence-electron chi connectivity index (χ2n) is 6.74. The molecule has 0 aromatic heterocycles. The molecule has 0 bridgehead atoms. The third-order valence-electron chi connectivity index (χ3n) is 5.27. The zero-order chi connectivity index (χ0) is 13.5. The van der Waals surface area contributed by atoms with Gasteiger partial charge in [0.15, 0.2) is 0 Å². The molecule has 2 unspecified atom stereocenters. The molecule has 0 radical (unpaired) electrons. The first-order valence-corrected chi connectivity index (χ1v) is 8.80. The first kappa shape index (κ1) is 15.3. The van der Waals surface area contributed by atoms with E-state index in [2.05, 4.69) is 24.1 Å². The van der Waals surface area contributed by atoms with E-state index in [1.54, 1.807) is 0 Å². The van der Waals surface area contributed by atoms with Gasteiger partial charge in [-0.1, -0.05) is 39.0 Å². The molecule has 1 aliphatic carbocycles. The van der Waals surface area contributed by atoms with Gasteiger partial charge in [0.2, 0.25) is 0 Å². The average Bonchev–Trinajstić information content (AvgIpc) is 2.71. The first-order valence-electron chi connectivity index (χ1n) is 8.80. The van der Waals surface area contributed by atoms with Gasteiger partial charge < -0.3 is 5.32 Å². The standard InChI is InChI=1S/C17H34N2/c1-3-17-12-8-5-9-13-19(17)15(2)14-18-16-10-6-4-7-11-16/h15-18H,3-14H2,1-2H3. The Morgan fingerprint density at radius 1 is 1.00 bits per heavy atom. The van der Waals surface area contributed by atoms with Gasteiger partial charge in [0, 0.05) is 24.7 Å². The number of likely N-dealkylation sites (tertiary alicyclic amines) is 1. The minimum Gasteiger partial charge on any atom is -0.312 e. The minimum absolute atomic E-state index is 0.713. The van der Waals surface area contributed by atoms with Crippen molar-refractivity contribution in [2.24, 2.45) is 0 Å². The van der Waals surface area contributed by atoms with Crippen LogP contribution in [0.1, 0.15) is 78.1 Å². The predicted octanol–water partition coefficient (Wildman–Crippen LogP) is 3.95. The van der Waals surface area contributed by atoms with Gasteiger partial charge in [-0.2, -0.15) is 0 Å². The molecule has 0 aromatic carbocycles. The third kappa shape index (κ3) is 4.75. The van der Waals surface area contributed by atoms with Crippen molar-refractivity contribution < 1.29 is 0 Å². The maximum atomic E-state index is 3.84. The summed E-state index contributed by atoms with van der Waals surface area (Å²) in [6, 6.07) is 2.36. The summed E-state index contributed by atoms with van der Waals surface area (Å²) in [5.41, 5.74) is 0. The normalized spacial score (nSPS) is 29.1. The van der Waals surface area contributed by atoms with Gasteiger partial charge in [-0.15, -0.1) is 0 Å². The van der Waals surface area contributed by atoms with E-state index in [1.165, 1.54) is 77.3 Å². The summed E-state index contributed by atoms with van der Waals surface area (Å²) in [5, 5.41) is 3.84. The number of hydrogen-bond donors (Lipinski definition) is 1. The van der Waals surface area contributed by atoms with Crippen LogP contribution < -0.4 is 5.32 Å². The van der Waals surface area contributed by atoms with Crippen LogP contribution >= 0.6 is 0 Å². The Morgan fingerprint density at radius 3 is 2.42 bits per heavy atom. The van der Waals surface area contributed by atoms with E-state index < -0.39 is 0 Å². The fraction of sp³-hybridized carbons (Fsp3) is 1.00. The van der Waals surface area contributed by atoms with E-state index in [0.717, 1.165) is 12.1 Å². The molecule has 2 heteroatoms. The summed E-state index contributed by atoms with van der Waals surface area (Å²) < 4.78 is 0. The summed E-state index contributed by atoms with van der Waals surface area (Å²) in [6.07, 6.45) is 14.2. The Bertz CT molecular complexity index is 235. The molecule has 0 aromatic rings. The summed E-state index contributed by atoms with van der Waals surface area (Å²) in [5.74, 6) is 0. The van der Waals surface area contributed by atoms with E-state index >= 15 is 0 Å². The molecular weight excluding hydrogens is 232 g/mol. The number of nitrogens with one attached hydrogen (secondary N) is 1. The fourth-order valence-electron chi connectivity index (χ4n) is 3.98. The highest BCUT2D eigenvalue weighted by atomic mass is 15.2. The van der Waals surface area contributed by atoms with Gasteiger partial charge in [0.1, 0.15) is 0 Å². The highest BCUT2D eigenvalue weighted by Crippen LogP contribution is 2.22. The average molecular weight is 266 g/mol. The monoisotopic (exact) mass is 266 g/mol. The second kappa shape index (κ2) is 8.26. The van der Waals surface area contributed by atoms with E-state index in [0.29, 0.717) is 6.04 Å². The quantitative estimate of drug-likeness (QED) is 0.810. The second-order valence-corrected chi connectivity index (χ2v) is 6.74. The largest absolute Gasteiger partial charge is 0.312 e. The Morgan fingerprint density at radius 2 is 1.68 bits per heavy atom. The van der Waals surface area contributed by atoms with Crippen molar-refractivity contribution in [3.63, 3.8) is 0 Å². The maximum absolute atomic E-state index is 3.84. The van der Waals surface area contributed by atoms with Crippen LogP contribution in [0.5, 0.6) is 0 Å². The molecule has 1 saturated heterocycles. The van der Waals surface area contributed by atoms with Crippen molar-refractivity contribution in [2.45, 2.75) is 96.2 Å². The van der Waals surface area contributed by atoms with Crippen molar-refractivity contribution >= 4 is 0 Å². The van der Waals surface area contributed by atoms with Crippen molar-refractivity contribution in [2.75, 3.05) is 13.1 Å². The summed E-state index contributed by atoms with van der Waals surface area (Å²) in [4.78, 5) is 2.79. The fourth-order valence-corrected chi connectivity index (χ4v) is 3.98. The lowest BCUT2D eigenvalue weighted by Crippen LogP contribution is -2.48. The molecule has 2 rings (SSSR count). The van der Waals surface area contributed by atoms with Crippen LogP contribution in [-0.4, -0.2) is 36.1 Å². The molecule has 1 heterocycles. The van der Waals surface area contributed by atoms with Crippen LogP contribution in [0.4, 0.5) is 0 Å². The molecule has 2 atom stereocenters. The maximum Gasteiger partial charge on any atom is 0.0195 e. The third-order valence-corrected chi connectivity index (χ3v) is 5.27. The Balaban J connectivity index is 1.77. The molecule has 0 amide bonds. The highest BCUT2D eigenvalue weighted by molar-refractivity contribution is 4.82. The molecule has 1 aliphatic heterocycles. The lowest BCUT2D eigenvalue weighted by Gasteiger charge is -2.36. The zero-order valence-electron chi connectivity index (χ0n) is 13.2. The molecular formula is C17H34N2. The van der Waals surface area contributed by atoms with E-state index in [9.17, 15) is 0 Å². The highest BCUT2D eigenvalue weighted by Gasteiger charge is 2.24. The Kier molecular flexibility index (Phi) is 6.66. The Labute approximate surface area is 120 Å². The van der Waals surface area contributed by atoms with Crippen molar-refractivity contribution in [1.29, 1.82) is 0 Å². The summed E-state index contributed by atoms with van der Waals surface area (Å²) in [6.45, 7) is 7.32. The van der Waals surface area contributed by atoms with Gasteiger partial charge in [-0.05, 0) is 45.6 Å². The lowest BCUT2D eigenvalue weighted by atomic mass is 9.95. The van der Waals surface area contributed by atoms with Gasteiger partial charge in [-0.3, -0.25) is 4.90 Å². The van der Waals surface area contributed by atoms with Crippen LogP contribution in [0.25, 0.3) is 0 Å². The number of rotatable bonds is 5. The van der Waals surface area contributed by atoms with E-state index in [4.69, 9.17) is 0 Å². The number of nitrogens with zero attached hydrogens (tertiary/aromatic N) is 1. The minimum atomic E-state index is 0.713. The van der Waals surface area contributed by atoms with Crippen molar-refractivity contribution in [1.82, 2.24) is 10.2 Å². The van der Waals surface area contributed by atoms with Crippen LogP contribution in [-0.2, 0) is 0 Å².